The van der Waals surface area contributed by atoms with Crippen molar-refractivity contribution < 1.29 is 19.7 Å². The van der Waals surface area contributed by atoms with E-state index in [-0.39, 0.29) is 12.5 Å². The van der Waals surface area contributed by atoms with Crippen LogP contribution in [-0.4, -0.2) is 67.8 Å². The molecule has 0 aliphatic carbocycles. The first-order valence-electron chi connectivity index (χ1n) is 8.22. The number of hydrogen-bond acceptors (Lipinski definition) is 5. The Morgan fingerprint density at radius 1 is 1.48 bits per heavy atom. The normalized spacial score (nSPS) is 30.6. The number of aryl methyl sites for hydroxylation is 1. The van der Waals surface area contributed by atoms with E-state index in [4.69, 9.17) is 4.74 Å². The summed E-state index contributed by atoms with van der Waals surface area (Å²) in [5.41, 5.74) is -1.11. The predicted octanol–water partition coefficient (Wildman–Crippen LogP) is 0.410. The zero-order chi connectivity index (χ0) is 16.7. The van der Waals surface area contributed by atoms with Crippen molar-refractivity contribution in [1.82, 2.24) is 14.7 Å². The fraction of sp³-hybridized carbons (Fsp3) is 0.750. The van der Waals surface area contributed by atoms with Gasteiger partial charge in [0.2, 0.25) is 0 Å². The summed E-state index contributed by atoms with van der Waals surface area (Å²) in [4.78, 5) is 14.3. The largest absolute Gasteiger partial charge is 0.388 e. The summed E-state index contributed by atoms with van der Waals surface area (Å²) in [6, 6.07) is 1.74. The van der Waals surface area contributed by atoms with Gasteiger partial charge in [-0.3, -0.25) is 9.48 Å². The van der Waals surface area contributed by atoms with E-state index in [2.05, 4.69) is 5.10 Å². The van der Waals surface area contributed by atoms with Crippen LogP contribution in [0.15, 0.2) is 12.3 Å². The number of ether oxygens (including phenoxy) is 1. The quantitative estimate of drug-likeness (QED) is 0.823. The Bertz CT molecular complexity index is 576. The third kappa shape index (κ3) is 3.13. The molecule has 2 aliphatic heterocycles. The highest BCUT2D eigenvalue weighted by atomic mass is 16.5. The minimum absolute atomic E-state index is 0.0605. The lowest BCUT2D eigenvalue weighted by Gasteiger charge is -2.49. The number of carbonyl (C=O) groups is 1. The van der Waals surface area contributed by atoms with Crippen molar-refractivity contribution in [2.24, 2.45) is 0 Å². The first kappa shape index (κ1) is 16.4. The van der Waals surface area contributed by atoms with Crippen LogP contribution in [0.25, 0.3) is 0 Å². The van der Waals surface area contributed by atoms with E-state index in [0.717, 1.165) is 6.54 Å². The number of piperidine rings is 1. The van der Waals surface area contributed by atoms with Crippen LogP contribution >= 0.6 is 0 Å². The zero-order valence-electron chi connectivity index (χ0n) is 13.7. The van der Waals surface area contributed by atoms with E-state index < -0.39 is 17.3 Å². The molecule has 1 aromatic rings. The first-order valence-corrected chi connectivity index (χ1v) is 8.22. The van der Waals surface area contributed by atoms with Crippen LogP contribution in [0.2, 0.25) is 0 Å². The van der Waals surface area contributed by atoms with E-state index in [1.54, 1.807) is 22.6 Å². The summed E-state index contributed by atoms with van der Waals surface area (Å²) in [5.74, 6) is -0.0605. The monoisotopic (exact) mass is 323 g/mol. The summed E-state index contributed by atoms with van der Waals surface area (Å²) in [5, 5.41) is 24.4. The van der Waals surface area contributed by atoms with Crippen LogP contribution < -0.4 is 0 Å². The lowest BCUT2D eigenvalue weighted by molar-refractivity contribution is -0.221. The van der Waals surface area contributed by atoms with Gasteiger partial charge in [-0.15, -0.1) is 0 Å². The van der Waals surface area contributed by atoms with E-state index in [9.17, 15) is 15.0 Å². The Kier molecular flexibility index (Phi) is 4.20. The molecule has 2 fully saturated rings. The molecule has 0 saturated carbocycles. The summed E-state index contributed by atoms with van der Waals surface area (Å²) >= 11 is 0. The number of aliphatic hydroxyl groups excluding tert-OH is 1. The summed E-state index contributed by atoms with van der Waals surface area (Å²) < 4.78 is 7.58. The number of carbonyl (C=O) groups excluding carboxylic acids is 1. The Balaban J connectivity index is 1.63. The van der Waals surface area contributed by atoms with E-state index in [0.29, 0.717) is 38.0 Å². The molecule has 0 unspecified atom stereocenters. The number of aliphatic hydroxyl groups is 2. The number of likely N-dealkylation sites (tertiary alicyclic amines) is 1. The molecule has 7 nitrogen and oxygen atoms in total. The lowest BCUT2D eigenvalue weighted by Crippen LogP contribution is -2.59. The van der Waals surface area contributed by atoms with Gasteiger partial charge in [0.05, 0.1) is 17.8 Å². The van der Waals surface area contributed by atoms with Crippen LogP contribution in [0.5, 0.6) is 0 Å². The molecule has 7 heteroatoms. The van der Waals surface area contributed by atoms with Gasteiger partial charge in [-0.2, -0.15) is 5.10 Å². The van der Waals surface area contributed by atoms with Gasteiger partial charge in [-0.25, -0.2) is 0 Å². The molecule has 0 aromatic carbocycles. The molecule has 128 valence electrons. The van der Waals surface area contributed by atoms with Gasteiger partial charge in [0.1, 0.15) is 11.8 Å². The summed E-state index contributed by atoms with van der Waals surface area (Å²) in [6.07, 6.45) is 2.67. The number of hydrogen-bond donors (Lipinski definition) is 2. The molecule has 3 heterocycles. The predicted molar refractivity (Wildman–Crippen MR) is 83.0 cm³/mol. The Morgan fingerprint density at radius 2 is 2.17 bits per heavy atom. The standard InChI is InChI=1S/C16H25N3O4/c1-3-19-7-4-12(17-19)14(21)18-8-5-16(6-9-18)11-15(2,22)13(20)10-23-16/h4,7,13,20,22H,3,5-6,8-11H2,1-2H3/t13-,15-/m0/s1. The molecule has 0 radical (unpaired) electrons. The van der Waals surface area contributed by atoms with Crippen molar-refractivity contribution in [3.05, 3.63) is 18.0 Å². The fourth-order valence-electron chi connectivity index (χ4n) is 3.51. The maximum absolute atomic E-state index is 12.5. The molecule has 2 saturated heterocycles. The molecule has 3 rings (SSSR count). The van der Waals surface area contributed by atoms with Crippen molar-refractivity contribution in [3.63, 3.8) is 0 Å². The molecule has 2 N–H and O–H groups in total. The highest BCUT2D eigenvalue weighted by Crippen LogP contribution is 2.39. The van der Waals surface area contributed by atoms with Gasteiger partial charge in [-0.1, -0.05) is 0 Å². The third-order valence-corrected chi connectivity index (χ3v) is 5.09. The van der Waals surface area contributed by atoms with Gasteiger partial charge < -0.3 is 19.8 Å². The number of nitrogens with zero attached hydrogens (tertiary/aromatic N) is 3. The molecule has 2 aliphatic rings. The molecule has 2 atom stereocenters. The van der Waals surface area contributed by atoms with Crippen molar-refractivity contribution in [1.29, 1.82) is 0 Å². The Labute approximate surface area is 135 Å². The van der Waals surface area contributed by atoms with Crippen molar-refractivity contribution in [2.45, 2.75) is 57.0 Å². The zero-order valence-corrected chi connectivity index (χ0v) is 13.7. The van der Waals surface area contributed by atoms with E-state index >= 15 is 0 Å². The molecule has 0 bridgehead atoms. The van der Waals surface area contributed by atoms with Crippen LogP contribution in [0.3, 0.4) is 0 Å². The molecule has 23 heavy (non-hydrogen) atoms. The summed E-state index contributed by atoms with van der Waals surface area (Å²) in [6.45, 7) is 5.65. The third-order valence-electron chi connectivity index (χ3n) is 5.09. The number of amides is 1. The van der Waals surface area contributed by atoms with Crippen molar-refractivity contribution >= 4 is 5.91 Å². The van der Waals surface area contributed by atoms with E-state index in [1.165, 1.54) is 0 Å². The molecule has 1 amide bonds. The average molecular weight is 323 g/mol. The SMILES string of the molecule is CCn1ccc(C(=O)N2CCC3(CC2)C[C@](C)(O)[C@@H](O)CO3)n1. The van der Waals surface area contributed by atoms with Crippen LogP contribution in [0, 0.1) is 0 Å². The van der Waals surface area contributed by atoms with Gasteiger partial charge in [0.25, 0.3) is 5.91 Å². The van der Waals surface area contributed by atoms with Crippen LogP contribution in [0.1, 0.15) is 43.6 Å². The molecular formula is C16H25N3O4. The second-order valence-electron chi connectivity index (χ2n) is 6.89. The lowest BCUT2D eigenvalue weighted by atomic mass is 9.76. The molecular weight excluding hydrogens is 298 g/mol. The van der Waals surface area contributed by atoms with Gasteiger partial charge in [-0.05, 0) is 32.8 Å². The van der Waals surface area contributed by atoms with Crippen molar-refractivity contribution in [3.8, 4) is 0 Å². The minimum atomic E-state index is -1.13. The molecule has 1 spiro atoms. The molecule has 1 aromatic heterocycles. The topological polar surface area (TPSA) is 87.8 Å². The highest BCUT2D eigenvalue weighted by Gasteiger charge is 2.49. The highest BCUT2D eigenvalue weighted by molar-refractivity contribution is 5.92. The Hall–Kier alpha value is -1.44. The van der Waals surface area contributed by atoms with E-state index in [1.807, 2.05) is 13.1 Å². The van der Waals surface area contributed by atoms with Gasteiger partial charge >= 0.3 is 0 Å². The van der Waals surface area contributed by atoms with Crippen LogP contribution in [0.4, 0.5) is 0 Å². The smallest absolute Gasteiger partial charge is 0.274 e. The fourth-order valence-corrected chi connectivity index (χ4v) is 3.51. The van der Waals surface area contributed by atoms with Crippen molar-refractivity contribution in [2.75, 3.05) is 19.7 Å². The number of rotatable bonds is 2. The average Bonchev–Trinajstić information content (AvgIpc) is 3.00. The minimum Gasteiger partial charge on any atom is -0.388 e. The van der Waals surface area contributed by atoms with Gasteiger partial charge in [0, 0.05) is 32.3 Å². The Morgan fingerprint density at radius 3 is 2.74 bits per heavy atom. The summed E-state index contributed by atoms with van der Waals surface area (Å²) in [7, 11) is 0. The second-order valence-corrected chi connectivity index (χ2v) is 6.89. The number of aromatic nitrogens is 2. The maximum Gasteiger partial charge on any atom is 0.274 e. The first-order chi connectivity index (χ1) is 10.9. The van der Waals surface area contributed by atoms with Crippen LogP contribution in [-0.2, 0) is 11.3 Å². The van der Waals surface area contributed by atoms with Gasteiger partial charge in [0.15, 0.2) is 0 Å². The maximum atomic E-state index is 12.5. The second kappa shape index (κ2) is 5.89.